The summed E-state index contributed by atoms with van der Waals surface area (Å²) >= 11 is 0. The topological polar surface area (TPSA) is 99.0 Å². The van der Waals surface area contributed by atoms with E-state index in [1.165, 1.54) is 18.9 Å². The third-order valence-electron chi connectivity index (χ3n) is 2.58. The van der Waals surface area contributed by atoms with Gasteiger partial charge in [-0.05, 0) is 19.1 Å². The van der Waals surface area contributed by atoms with Gasteiger partial charge in [0.1, 0.15) is 18.5 Å². The predicted molar refractivity (Wildman–Crippen MR) is 73.7 cm³/mol. The molecule has 8 heteroatoms. The summed E-state index contributed by atoms with van der Waals surface area (Å²) in [7, 11) is 0. The maximum absolute atomic E-state index is 11.7. The quantitative estimate of drug-likeness (QED) is 0.795. The van der Waals surface area contributed by atoms with Crippen LogP contribution in [0.15, 0.2) is 31.0 Å². The summed E-state index contributed by atoms with van der Waals surface area (Å²) < 4.78 is 6.40. The largest absolute Gasteiger partial charge is 0.466 e. The second-order valence-electron chi connectivity index (χ2n) is 4.13. The first-order valence-corrected chi connectivity index (χ1v) is 6.45. The van der Waals surface area contributed by atoms with Gasteiger partial charge in [-0.1, -0.05) is 0 Å². The molecular weight excluding hydrogens is 274 g/mol. The van der Waals surface area contributed by atoms with Gasteiger partial charge in [-0.15, -0.1) is 10.2 Å². The Morgan fingerprint density at radius 1 is 1.24 bits per heavy atom. The van der Waals surface area contributed by atoms with Crippen molar-refractivity contribution in [1.82, 2.24) is 19.7 Å². The summed E-state index contributed by atoms with van der Waals surface area (Å²) in [5, 5.41) is 10.0. The minimum Gasteiger partial charge on any atom is -0.466 e. The molecule has 1 amide bonds. The number of rotatable bonds is 6. The van der Waals surface area contributed by atoms with E-state index in [9.17, 15) is 9.59 Å². The molecule has 0 aromatic carbocycles. The van der Waals surface area contributed by atoms with Gasteiger partial charge in [0.25, 0.3) is 0 Å². The molecule has 8 nitrogen and oxygen atoms in total. The molecule has 21 heavy (non-hydrogen) atoms. The first-order chi connectivity index (χ1) is 10.2. The number of hydrogen-bond acceptors (Lipinski definition) is 6. The molecule has 1 N–H and O–H groups in total. The van der Waals surface area contributed by atoms with E-state index in [1.54, 1.807) is 23.6 Å². The number of pyridine rings is 1. The Bertz CT molecular complexity index is 595. The fourth-order valence-corrected chi connectivity index (χ4v) is 1.60. The number of amides is 1. The van der Waals surface area contributed by atoms with Gasteiger partial charge in [0.05, 0.1) is 24.9 Å². The van der Waals surface area contributed by atoms with E-state index in [1.807, 2.05) is 0 Å². The van der Waals surface area contributed by atoms with Gasteiger partial charge in [-0.3, -0.25) is 14.2 Å². The van der Waals surface area contributed by atoms with Crippen LogP contribution in [0.2, 0.25) is 0 Å². The monoisotopic (exact) mass is 289 g/mol. The molecule has 0 spiro atoms. The molecule has 110 valence electrons. The number of nitrogens with zero attached hydrogens (tertiary/aromatic N) is 4. The van der Waals surface area contributed by atoms with Crippen molar-refractivity contribution < 1.29 is 14.3 Å². The van der Waals surface area contributed by atoms with Crippen LogP contribution in [0.4, 0.5) is 5.69 Å². The molecule has 0 aliphatic carbocycles. The Balaban J connectivity index is 1.85. The summed E-state index contributed by atoms with van der Waals surface area (Å²) in [6, 6.07) is 3.44. The Morgan fingerprint density at radius 3 is 2.62 bits per heavy atom. The molecule has 0 aliphatic heterocycles. The van der Waals surface area contributed by atoms with Crippen molar-refractivity contribution in [2.75, 3.05) is 11.9 Å². The number of aromatic nitrogens is 4. The van der Waals surface area contributed by atoms with Gasteiger partial charge in [0.15, 0.2) is 0 Å². The van der Waals surface area contributed by atoms with Crippen molar-refractivity contribution in [2.45, 2.75) is 19.8 Å². The minimum atomic E-state index is -0.381. The molecule has 0 saturated carbocycles. The van der Waals surface area contributed by atoms with Crippen LogP contribution in [0.1, 0.15) is 19.8 Å². The summed E-state index contributed by atoms with van der Waals surface area (Å²) in [6.45, 7) is 2.04. The van der Waals surface area contributed by atoms with Crippen molar-refractivity contribution in [3.63, 3.8) is 0 Å². The van der Waals surface area contributed by atoms with E-state index in [0.29, 0.717) is 18.1 Å². The van der Waals surface area contributed by atoms with Crippen LogP contribution < -0.4 is 5.32 Å². The molecule has 2 rings (SSSR count). The molecule has 0 saturated heterocycles. The van der Waals surface area contributed by atoms with Crippen molar-refractivity contribution in [2.24, 2.45) is 0 Å². The number of nitrogens with one attached hydrogen (secondary N) is 1. The van der Waals surface area contributed by atoms with Crippen molar-refractivity contribution in [3.05, 3.63) is 31.0 Å². The van der Waals surface area contributed by atoms with Gasteiger partial charge in [0.2, 0.25) is 5.91 Å². The lowest BCUT2D eigenvalue weighted by Gasteiger charge is -2.06. The van der Waals surface area contributed by atoms with Crippen LogP contribution in [0.25, 0.3) is 5.82 Å². The Hall–Kier alpha value is -2.77. The SMILES string of the molecule is CCOC(=O)CCC(=O)Nc1ccc(-n2cnnc2)nc1. The maximum atomic E-state index is 11.7. The zero-order valence-electron chi connectivity index (χ0n) is 11.5. The number of hydrogen-bond donors (Lipinski definition) is 1. The number of carbonyl (C=O) groups excluding carboxylic acids is 2. The van der Waals surface area contributed by atoms with E-state index in [-0.39, 0.29) is 24.7 Å². The number of anilines is 1. The third kappa shape index (κ3) is 4.37. The highest BCUT2D eigenvalue weighted by atomic mass is 16.5. The van der Waals surface area contributed by atoms with Crippen LogP contribution in [-0.2, 0) is 14.3 Å². The zero-order valence-corrected chi connectivity index (χ0v) is 11.5. The smallest absolute Gasteiger partial charge is 0.306 e. The van der Waals surface area contributed by atoms with E-state index < -0.39 is 0 Å². The molecule has 2 aromatic rings. The van der Waals surface area contributed by atoms with Crippen LogP contribution in [0.5, 0.6) is 0 Å². The van der Waals surface area contributed by atoms with Crippen molar-refractivity contribution in [1.29, 1.82) is 0 Å². The number of carbonyl (C=O) groups is 2. The first kappa shape index (κ1) is 14.6. The number of esters is 1. The van der Waals surface area contributed by atoms with E-state index in [4.69, 9.17) is 4.74 Å². The second kappa shape index (κ2) is 7.13. The maximum Gasteiger partial charge on any atom is 0.306 e. The summed E-state index contributed by atoms with van der Waals surface area (Å²) in [5.41, 5.74) is 0.556. The van der Waals surface area contributed by atoms with E-state index >= 15 is 0 Å². The molecule has 0 bridgehead atoms. The third-order valence-corrected chi connectivity index (χ3v) is 2.58. The molecule has 0 aliphatic rings. The lowest BCUT2D eigenvalue weighted by atomic mass is 10.3. The van der Waals surface area contributed by atoms with Crippen LogP contribution >= 0.6 is 0 Å². The van der Waals surface area contributed by atoms with Gasteiger partial charge in [-0.25, -0.2) is 4.98 Å². The van der Waals surface area contributed by atoms with Gasteiger partial charge < -0.3 is 10.1 Å². The minimum absolute atomic E-state index is 0.0614. The fraction of sp³-hybridized carbons (Fsp3) is 0.308. The average Bonchev–Trinajstić information content (AvgIpc) is 3.00. The van der Waals surface area contributed by atoms with Gasteiger partial charge in [-0.2, -0.15) is 0 Å². The predicted octanol–water partition coefficient (Wildman–Crippen LogP) is 0.944. The van der Waals surface area contributed by atoms with E-state index in [0.717, 1.165) is 0 Å². The molecule has 2 heterocycles. The molecule has 0 unspecified atom stereocenters. The average molecular weight is 289 g/mol. The fourth-order valence-electron chi connectivity index (χ4n) is 1.60. The molecule has 0 atom stereocenters. The Morgan fingerprint density at radius 2 is 2.00 bits per heavy atom. The van der Waals surface area contributed by atoms with Crippen LogP contribution in [0, 0.1) is 0 Å². The van der Waals surface area contributed by atoms with Crippen LogP contribution in [0.3, 0.4) is 0 Å². The van der Waals surface area contributed by atoms with Crippen molar-refractivity contribution >= 4 is 17.6 Å². The molecule has 2 aromatic heterocycles. The van der Waals surface area contributed by atoms with Crippen LogP contribution in [-0.4, -0.2) is 38.2 Å². The highest BCUT2D eigenvalue weighted by molar-refractivity contribution is 5.92. The highest BCUT2D eigenvalue weighted by Gasteiger charge is 2.08. The second-order valence-corrected chi connectivity index (χ2v) is 4.13. The molecular formula is C13H15N5O3. The lowest BCUT2D eigenvalue weighted by Crippen LogP contribution is -2.14. The Labute approximate surface area is 121 Å². The summed E-state index contributed by atoms with van der Waals surface area (Å²) in [6.07, 6.45) is 4.72. The zero-order chi connectivity index (χ0) is 15.1. The van der Waals surface area contributed by atoms with Gasteiger partial charge in [0, 0.05) is 6.42 Å². The van der Waals surface area contributed by atoms with Crippen molar-refractivity contribution in [3.8, 4) is 5.82 Å². The lowest BCUT2D eigenvalue weighted by molar-refractivity contribution is -0.144. The summed E-state index contributed by atoms with van der Waals surface area (Å²) in [5.74, 6) is 0.000142. The molecule has 0 radical (unpaired) electrons. The standard InChI is InChI=1S/C13H15N5O3/c1-2-21-13(20)6-5-12(19)17-10-3-4-11(14-7-10)18-8-15-16-9-18/h3-4,7-9H,2,5-6H2,1H3,(H,17,19). The Kier molecular flexibility index (Phi) is 4.97. The van der Waals surface area contributed by atoms with Gasteiger partial charge >= 0.3 is 5.97 Å². The number of ether oxygens (including phenoxy) is 1. The first-order valence-electron chi connectivity index (χ1n) is 6.45. The normalized spacial score (nSPS) is 10.1. The molecule has 0 fully saturated rings. The summed E-state index contributed by atoms with van der Waals surface area (Å²) in [4.78, 5) is 27.0. The van der Waals surface area contributed by atoms with E-state index in [2.05, 4.69) is 20.5 Å². The highest BCUT2D eigenvalue weighted by Crippen LogP contribution is 2.09.